The number of carbonyl (C=O) groups is 3. The number of halogens is 1. The summed E-state index contributed by atoms with van der Waals surface area (Å²) in [5.41, 5.74) is 2.06. The minimum atomic E-state index is -0.396. The number of nitrogens with zero attached hydrogens (tertiary/aromatic N) is 2. The molecule has 9 nitrogen and oxygen atoms in total. The maximum absolute atomic E-state index is 12.3. The second-order valence-corrected chi connectivity index (χ2v) is 8.22. The highest BCUT2D eigenvalue weighted by molar-refractivity contribution is 9.10. The Hall–Kier alpha value is -3.79. The Balaban J connectivity index is 1.47. The largest absolute Gasteiger partial charge is 0.353 e. The van der Waals surface area contributed by atoms with Crippen molar-refractivity contribution in [3.8, 4) is 11.3 Å². The van der Waals surface area contributed by atoms with Crippen molar-refractivity contribution >= 4 is 39.3 Å². The van der Waals surface area contributed by atoms with E-state index in [1.807, 2.05) is 24.3 Å². The third-order valence-corrected chi connectivity index (χ3v) is 5.31. The minimum Gasteiger partial charge on any atom is -0.353 e. The molecular formula is C24H24BrN5O4. The molecule has 3 N–H and O–H groups in total. The van der Waals surface area contributed by atoms with Crippen LogP contribution in [0, 0.1) is 0 Å². The molecule has 10 heteroatoms. The van der Waals surface area contributed by atoms with Crippen LogP contribution in [-0.4, -0.2) is 40.6 Å². The molecule has 0 fully saturated rings. The van der Waals surface area contributed by atoms with Gasteiger partial charge in [-0.15, -0.1) is 0 Å². The van der Waals surface area contributed by atoms with Gasteiger partial charge in [-0.3, -0.25) is 19.2 Å². The fourth-order valence-electron chi connectivity index (χ4n) is 2.96. The lowest BCUT2D eigenvalue weighted by molar-refractivity contribution is -0.122. The molecule has 34 heavy (non-hydrogen) atoms. The Bertz CT molecular complexity index is 1220. The quantitative estimate of drug-likeness (QED) is 0.370. The van der Waals surface area contributed by atoms with Crippen molar-refractivity contribution in [2.75, 3.05) is 18.4 Å². The smallest absolute Gasteiger partial charge is 0.267 e. The first-order valence-corrected chi connectivity index (χ1v) is 11.4. The van der Waals surface area contributed by atoms with E-state index < -0.39 is 5.91 Å². The summed E-state index contributed by atoms with van der Waals surface area (Å²) in [5, 5.41) is 12.4. The molecule has 1 heterocycles. The van der Waals surface area contributed by atoms with E-state index in [1.165, 1.54) is 6.07 Å². The van der Waals surface area contributed by atoms with Gasteiger partial charge in [-0.05, 0) is 42.5 Å². The zero-order chi connectivity index (χ0) is 24.5. The van der Waals surface area contributed by atoms with E-state index in [1.54, 1.807) is 37.3 Å². The zero-order valence-electron chi connectivity index (χ0n) is 18.5. The SMILES string of the molecule is CCC(=O)Nc1ccc(C(=O)NCCNC(=O)Cn2nc(-c3ccc(Br)cc3)ccc2=O)cc1. The van der Waals surface area contributed by atoms with Crippen molar-refractivity contribution in [1.82, 2.24) is 20.4 Å². The summed E-state index contributed by atoms with van der Waals surface area (Å²) in [6, 6.07) is 17.0. The first-order chi connectivity index (χ1) is 16.4. The average molecular weight is 526 g/mol. The molecule has 0 bridgehead atoms. The Morgan fingerprint density at radius 1 is 0.882 bits per heavy atom. The topological polar surface area (TPSA) is 122 Å². The fraction of sp³-hybridized carbons (Fsp3) is 0.208. The third kappa shape index (κ3) is 7.11. The van der Waals surface area contributed by atoms with Crippen LogP contribution in [0.25, 0.3) is 11.3 Å². The molecule has 0 spiro atoms. The van der Waals surface area contributed by atoms with Crippen molar-refractivity contribution in [2.24, 2.45) is 0 Å². The van der Waals surface area contributed by atoms with E-state index in [0.717, 1.165) is 14.7 Å². The summed E-state index contributed by atoms with van der Waals surface area (Å²) in [6.07, 6.45) is 0.370. The van der Waals surface area contributed by atoms with E-state index in [-0.39, 0.29) is 37.0 Å². The lowest BCUT2D eigenvalue weighted by Crippen LogP contribution is -2.38. The van der Waals surface area contributed by atoms with E-state index in [4.69, 9.17) is 0 Å². The van der Waals surface area contributed by atoms with Crippen molar-refractivity contribution < 1.29 is 14.4 Å². The highest BCUT2D eigenvalue weighted by Gasteiger charge is 2.09. The van der Waals surface area contributed by atoms with Gasteiger partial charge in [0.05, 0.1) is 5.69 Å². The Morgan fingerprint density at radius 3 is 2.24 bits per heavy atom. The molecule has 0 aliphatic carbocycles. The summed E-state index contributed by atoms with van der Waals surface area (Å²) in [5.74, 6) is -0.805. The lowest BCUT2D eigenvalue weighted by Gasteiger charge is -2.10. The molecule has 176 valence electrons. The van der Waals surface area contributed by atoms with Crippen LogP contribution in [0.3, 0.4) is 0 Å². The molecule has 3 aromatic rings. The van der Waals surface area contributed by atoms with Crippen LogP contribution in [0.1, 0.15) is 23.7 Å². The van der Waals surface area contributed by atoms with Crippen LogP contribution in [0.4, 0.5) is 5.69 Å². The molecule has 3 amide bonds. The highest BCUT2D eigenvalue weighted by atomic mass is 79.9. The third-order valence-electron chi connectivity index (χ3n) is 4.78. The summed E-state index contributed by atoms with van der Waals surface area (Å²) < 4.78 is 2.03. The number of benzene rings is 2. The van der Waals surface area contributed by atoms with Gasteiger partial charge < -0.3 is 16.0 Å². The number of aromatic nitrogens is 2. The molecule has 2 aromatic carbocycles. The van der Waals surface area contributed by atoms with Crippen molar-refractivity contribution in [1.29, 1.82) is 0 Å². The number of carbonyl (C=O) groups excluding carboxylic acids is 3. The summed E-state index contributed by atoms with van der Waals surface area (Å²) in [6.45, 7) is 1.92. The molecule has 1 aromatic heterocycles. The monoisotopic (exact) mass is 525 g/mol. The molecule has 0 aliphatic heterocycles. The standard InChI is InChI=1S/C24H24BrN5O4/c1-2-21(31)28-19-9-5-17(6-10-19)24(34)27-14-13-26-22(32)15-30-23(33)12-11-20(29-30)16-3-7-18(25)8-4-16/h3-12H,2,13-15H2,1H3,(H,26,32)(H,27,34)(H,28,31). The van der Waals surface area contributed by atoms with Gasteiger partial charge in [0.1, 0.15) is 6.54 Å². The van der Waals surface area contributed by atoms with Gasteiger partial charge in [0.2, 0.25) is 11.8 Å². The minimum absolute atomic E-state index is 0.106. The van der Waals surface area contributed by atoms with Gasteiger partial charge in [0, 0.05) is 46.9 Å². The number of rotatable bonds is 9. The molecule has 0 saturated heterocycles. The molecule has 0 atom stereocenters. The first kappa shape index (κ1) is 24.8. The first-order valence-electron chi connectivity index (χ1n) is 10.6. The normalized spacial score (nSPS) is 10.4. The van der Waals surface area contributed by atoms with E-state index in [9.17, 15) is 19.2 Å². The summed E-state index contributed by atoms with van der Waals surface area (Å²) in [4.78, 5) is 48.0. The van der Waals surface area contributed by atoms with E-state index in [2.05, 4.69) is 37.0 Å². The molecule has 0 unspecified atom stereocenters. The van der Waals surface area contributed by atoms with Crippen molar-refractivity contribution in [3.63, 3.8) is 0 Å². The van der Waals surface area contributed by atoms with Crippen LogP contribution in [0.5, 0.6) is 0 Å². The number of hydrogen-bond acceptors (Lipinski definition) is 5. The van der Waals surface area contributed by atoms with Crippen molar-refractivity contribution in [3.05, 3.63) is 81.1 Å². The van der Waals surface area contributed by atoms with Gasteiger partial charge in [-0.1, -0.05) is 35.0 Å². The second kappa shape index (κ2) is 11.9. The Morgan fingerprint density at radius 2 is 1.56 bits per heavy atom. The van der Waals surface area contributed by atoms with Crippen LogP contribution in [-0.2, 0) is 16.1 Å². The van der Waals surface area contributed by atoms with Gasteiger partial charge in [0.15, 0.2) is 0 Å². The average Bonchev–Trinajstić information content (AvgIpc) is 2.84. The maximum atomic E-state index is 12.3. The van der Waals surface area contributed by atoms with Crippen LogP contribution < -0.4 is 21.5 Å². The lowest BCUT2D eigenvalue weighted by atomic mass is 10.1. The predicted octanol–water partition coefficient (Wildman–Crippen LogP) is 2.57. The predicted molar refractivity (Wildman–Crippen MR) is 132 cm³/mol. The number of amides is 3. The molecule has 3 rings (SSSR count). The Kier molecular flexibility index (Phi) is 8.69. The molecule has 0 aliphatic rings. The van der Waals surface area contributed by atoms with Crippen LogP contribution in [0.15, 0.2) is 69.9 Å². The highest BCUT2D eigenvalue weighted by Crippen LogP contribution is 2.18. The zero-order valence-corrected chi connectivity index (χ0v) is 20.1. The summed E-state index contributed by atoms with van der Waals surface area (Å²) in [7, 11) is 0. The Labute approximate surface area is 204 Å². The van der Waals surface area contributed by atoms with Crippen LogP contribution >= 0.6 is 15.9 Å². The molecule has 0 saturated carbocycles. The molecular weight excluding hydrogens is 502 g/mol. The van der Waals surface area contributed by atoms with Crippen LogP contribution in [0.2, 0.25) is 0 Å². The second-order valence-electron chi connectivity index (χ2n) is 7.31. The van der Waals surface area contributed by atoms with E-state index >= 15 is 0 Å². The molecule has 0 radical (unpaired) electrons. The van der Waals surface area contributed by atoms with Gasteiger partial charge in [0.25, 0.3) is 11.5 Å². The van der Waals surface area contributed by atoms with Gasteiger partial charge >= 0.3 is 0 Å². The maximum Gasteiger partial charge on any atom is 0.267 e. The number of nitrogens with one attached hydrogen (secondary N) is 3. The van der Waals surface area contributed by atoms with Gasteiger partial charge in [-0.2, -0.15) is 5.10 Å². The fourth-order valence-corrected chi connectivity index (χ4v) is 3.23. The number of hydrogen-bond donors (Lipinski definition) is 3. The van der Waals surface area contributed by atoms with E-state index in [0.29, 0.717) is 23.4 Å². The van der Waals surface area contributed by atoms with Crippen molar-refractivity contribution in [2.45, 2.75) is 19.9 Å². The number of anilines is 1. The van der Waals surface area contributed by atoms with Gasteiger partial charge in [-0.25, -0.2) is 4.68 Å². The summed E-state index contributed by atoms with van der Waals surface area (Å²) >= 11 is 3.37.